The Balaban J connectivity index is 3.68. The van der Waals surface area contributed by atoms with Gasteiger partial charge in [0, 0.05) is 0 Å². The molecule has 4 atom stereocenters. The molecule has 0 N–H and O–H groups in total. The molecule has 0 bridgehead atoms. The van der Waals surface area contributed by atoms with Crippen molar-refractivity contribution in [3.63, 3.8) is 0 Å². The summed E-state index contributed by atoms with van der Waals surface area (Å²) in [6, 6.07) is 0. The minimum absolute atomic E-state index is 0.161. The summed E-state index contributed by atoms with van der Waals surface area (Å²) < 4.78 is 11.6. The van der Waals surface area contributed by atoms with Gasteiger partial charge >= 0.3 is 0 Å². The molecule has 74 valence electrons. The van der Waals surface area contributed by atoms with E-state index < -0.39 is 0 Å². The van der Waals surface area contributed by atoms with Gasteiger partial charge in [-0.15, -0.1) is 0 Å². The fourth-order valence-corrected chi connectivity index (χ4v) is 1.74. The predicted molar refractivity (Wildman–Crippen MR) is 68.1 cm³/mol. The first-order chi connectivity index (χ1) is 5.43. The van der Waals surface area contributed by atoms with Crippen molar-refractivity contribution in [1.29, 1.82) is 0 Å². The number of alkyl halides is 2. The molecule has 0 aromatic rings. The van der Waals surface area contributed by atoms with Crippen molar-refractivity contribution in [2.45, 2.75) is 48.1 Å². The zero-order chi connectivity index (χ0) is 9.72. The lowest BCUT2D eigenvalue weighted by Crippen LogP contribution is -2.29. The van der Waals surface area contributed by atoms with Gasteiger partial charge in [-0.25, -0.2) is 0 Å². The van der Waals surface area contributed by atoms with Crippen LogP contribution < -0.4 is 0 Å². The van der Waals surface area contributed by atoms with E-state index in [1.807, 2.05) is 27.7 Å². The van der Waals surface area contributed by atoms with E-state index in [0.29, 0.717) is 0 Å². The van der Waals surface area contributed by atoms with E-state index in [4.69, 9.17) is 9.47 Å². The fourth-order valence-electron chi connectivity index (χ4n) is 0.813. The van der Waals surface area contributed by atoms with Crippen LogP contribution in [0, 0.1) is 0 Å². The predicted octanol–water partition coefficient (Wildman–Crippen LogP) is 3.36. The van der Waals surface area contributed by atoms with Crippen molar-refractivity contribution in [3.8, 4) is 0 Å². The van der Waals surface area contributed by atoms with E-state index >= 15 is 0 Å². The summed E-state index contributed by atoms with van der Waals surface area (Å²) in [6.45, 7) is 8.13. The van der Waals surface area contributed by atoms with Crippen LogP contribution in [-0.2, 0) is 9.47 Å². The van der Waals surface area contributed by atoms with Crippen LogP contribution in [0.2, 0.25) is 0 Å². The van der Waals surface area contributed by atoms with Gasteiger partial charge in [0.25, 0.3) is 0 Å². The molecule has 12 heavy (non-hydrogen) atoms. The Bertz CT molecular complexity index is 104. The second-order valence-electron chi connectivity index (χ2n) is 2.77. The van der Waals surface area contributed by atoms with Gasteiger partial charge in [0.1, 0.15) is 8.22 Å². The van der Waals surface area contributed by atoms with E-state index in [2.05, 4.69) is 45.2 Å². The third kappa shape index (κ3) is 6.85. The molecule has 4 heteroatoms. The maximum absolute atomic E-state index is 5.57. The van der Waals surface area contributed by atoms with E-state index in [9.17, 15) is 0 Å². The Kier molecular flexibility index (Phi) is 7.56. The van der Waals surface area contributed by atoms with Crippen molar-refractivity contribution >= 4 is 45.2 Å². The molecular formula is C8H16I2O2. The number of hydrogen-bond acceptors (Lipinski definition) is 2. The third-order valence-electron chi connectivity index (χ3n) is 1.47. The molecule has 0 aliphatic heterocycles. The highest BCUT2D eigenvalue weighted by atomic mass is 127. The highest BCUT2D eigenvalue weighted by Gasteiger charge is 2.16. The average Bonchev–Trinajstić information content (AvgIpc) is 1.84. The second-order valence-corrected chi connectivity index (χ2v) is 6.28. The summed E-state index contributed by atoms with van der Waals surface area (Å²) in [5, 5.41) is 0. The summed E-state index contributed by atoms with van der Waals surface area (Å²) in [4.78, 5) is 0. The summed E-state index contributed by atoms with van der Waals surface area (Å²) in [7, 11) is 0. The van der Waals surface area contributed by atoms with Crippen molar-refractivity contribution in [2.75, 3.05) is 0 Å². The second kappa shape index (κ2) is 6.78. The zero-order valence-electron chi connectivity index (χ0n) is 7.88. The smallest absolute Gasteiger partial charge is 0.106 e. The largest absolute Gasteiger partial charge is 0.363 e. The first kappa shape index (κ1) is 13.4. The van der Waals surface area contributed by atoms with Crippen LogP contribution in [0.3, 0.4) is 0 Å². The lowest BCUT2D eigenvalue weighted by atomic mass is 10.2. The number of ether oxygens (including phenoxy) is 2. The van der Waals surface area contributed by atoms with Crippen molar-refractivity contribution < 1.29 is 9.47 Å². The van der Waals surface area contributed by atoms with Crippen LogP contribution in [0.25, 0.3) is 0 Å². The van der Waals surface area contributed by atoms with Gasteiger partial charge < -0.3 is 9.47 Å². The Hall–Kier alpha value is 1.38. The summed E-state index contributed by atoms with van der Waals surface area (Å²) in [6.07, 6.45) is 0.322. The van der Waals surface area contributed by atoms with Crippen molar-refractivity contribution in [3.05, 3.63) is 0 Å². The lowest BCUT2D eigenvalue weighted by molar-refractivity contribution is -0.0581. The highest BCUT2D eigenvalue weighted by Crippen LogP contribution is 2.13. The molecule has 4 unspecified atom stereocenters. The minimum Gasteiger partial charge on any atom is -0.363 e. The highest BCUT2D eigenvalue weighted by molar-refractivity contribution is 14.1. The molecule has 0 rings (SSSR count). The Morgan fingerprint density at radius 2 is 1.00 bits per heavy atom. The molecular weight excluding hydrogens is 382 g/mol. The van der Waals surface area contributed by atoms with Gasteiger partial charge in [0.2, 0.25) is 0 Å². The monoisotopic (exact) mass is 398 g/mol. The average molecular weight is 398 g/mol. The maximum atomic E-state index is 5.57. The molecule has 0 amide bonds. The molecule has 0 aromatic heterocycles. The van der Waals surface area contributed by atoms with Gasteiger partial charge in [-0.05, 0) is 27.7 Å². The molecule has 0 aromatic carbocycles. The van der Waals surface area contributed by atoms with Crippen LogP contribution in [-0.4, -0.2) is 20.4 Å². The van der Waals surface area contributed by atoms with E-state index in [1.165, 1.54) is 0 Å². The number of halogens is 2. The summed E-state index contributed by atoms with van der Waals surface area (Å²) in [5.74, 6) is 0. The lowest BCUT2D eigenvalue weighted by Gasteiger charge is -2.23. The molecule has 0 saturated heterocycles. The quantitative estimate of drug-likeness (QED) is 0.523. The molecule has 0 saturated carbocycles. The first-order valence-electron chi connectivity index (χ1n) is 4.02. The van der Waals surface area contributed by atoms with Crippen LogP contribution in [0.5, 0.6) is 0 Å². The molecule has 0 aliphatic carbocycles. The van der Waals surface area contributed by atoms with Crippen LogP contribution in [0.15, 0.2) is 0 Å². The van der Waals surface area contributed by atoms with Gasteiger partial charge in [-0.3, -0.25) is 0 Å². The molecule has 0 spiro atoms. The zero-order valence-corrected chi connectivity index (χ0v) is 12.2. The molecule has 0 fully saturated rings. The Labute approximate surface area is 102 Å². The number of rotatable bonds is 5. The van der Waals surface area contributed by atoms with Gasteiger partial charge in [-0.2, -0.15) is 0 Å². The fraction of sp³-hybridized carbons (Fsp3) is 1.00. The topological polar surface area (TPSA) is 18.5 Å². The first-order valence-corrected chi connectivity index (χ1v) is 6.51. The third-order valence-corrected chi connectivity index (χ3v) is 2.05. The molecule has 2 nitrogen and oxygen atoms in total. The van der Waals surface area contributed by atoms with Crippen molar-refractivity contribution in [1.82, 2.24) is 0 Å². The van der Waals surface area contributed by atoms with E-state index in [0.717, 1.165) is 0 Å². The normalized spacial score (nSPS) is 21.5. The van der Waals surface area contributed by atoms with Crippen LogP contribution in [0.4, 0.5) is 0 Å². The maximum Gasteiger partial charge on any atom is 0.106 e. The van der Waals surface area contributed by atoms with Gasteiger partial charge in [0.05, 0.1) is 12.2 Å². The molecule has 0 aliphatic rings. The number of hydrogen-bond donors (Lipinski definition) is 0. The molecule has 0 heterocycles. The van der Waals surface area contributed by atoms with E-state index in [-0.39, 0.29) is 20.4 Å². The van der Waals surface area contributed by atoms with Crippen LogP contribution in [0.1, 0.15) is 27.7 Å². The molecule has 0 radical (unpaired) electrons. The SMILES string of the molecule is CC(I)OC(C)C(C)OC(C)I. The minimum atomic E-state index is 0.161. The van der Waals surface area contributed by atoms with Gasteiger partial charge in [0.15, 0.2) is 0 Å². The van der Waals surface area contributed by atoms with Crippen LogP contribution >= 0.6 is 45.2 Å². The Morgan fingerprint density at radius 3 is 1.17 bits per heavy atom. The Morgan fingerprint density at radius 1 is 0.750 bits per heavy atom. The summed E-state index contributed by atoms with van der Waals surface area (Å²) >= 11 is 4.49. The summed E-state index contributed by atoms with van der Waals surface area (Å²) in [5.41, 5.74) is 0. The van der Waals surface area contributed by atoms with Gasteiger partial charge in [-0.1, -0.05) is 45.2 Å². The van der Waals surface area contributed by atoms with E-state index in [1.54, 1.807) is 0 Å². The van der Waals surface area contributed by atoms with Crippen molar-refractivity contribution in [2.24, 2.45) is 0 Å². The standard InChI is InChI=1S/C8H16I2O2/c1-5(11-7(3)9)6(2)12-8(4)10/h5-8H,1-4H3.